The minimum absolute atomic E-state index is 0.0181. The summed E-state index contributed by atoms with van der Waals surface area (Å²) in [6.07, 6.45) is -6.07. The molecule has 2 aliphatic heterocycles. The molecule has 1 aromatic carbocycles. The fraction of sp³-hybridized carbons (Fsp3) is 0.538. The first-order valence-electron chi connectivity index (χ1n) is 12.4. The van der Waals surface area contributed by atoms with Gasteiger partial charge in [0.2, 0.25) is 12.6 Å². The van der Waals surface area contributed by atoms with E-state index >= 15 is 0 Å². The Morgan fingerprint density at radius 2 is 1.90 bits per heavy atom. The minimum atomic E-state index is -1.72. The molecule has 4 rings (SSSR count). The van der Waals surface area contributed by atoms with E-state index in [0.29, 0.717) is 5.56 Å². The van der Waals surface area contributed by atoms with Crippen LogP contribution in [0.3, 0.4) is 0 Å². The van der Waals surface area contributed by atoms with Crippen LogP contribution < -0.4 is 4.74 Å². The van der Waals surface area contributed by atoms with E-state index in [0.717, 1.165) is 12.3 Å². The van der Waals surface area contributed by atoms with Crippen LogP contribution in [0.2, 0.25) is 0 Å². The van der Waals surface area contributed by atoms with E-state index in [4.69, 9.17) is 23.7 Å². The van der Waals surface area contributed by atoms with Crippen LogP contribution in [-0.4, -0.2) is 99.4 Å². The van der Waals surface area contributed by atoms with Crippen molar-refractivity contribution in [2.24, 2.45) is 17.8 Å². The number of phenols is 1. The van der Waals surface area contributed by atoms with Gasteiger partial charge in [0.05, 0.1) is 31.7 Å². The Morgan fingerprint density at radius 3 is 2.56 bits per heavy atom. The SMILES string of the molecule is COc1cc(/C=C/C(=O)O[C@H]2[C@@H](O[C@@H]3OC=C(C(=O)O)[C@H]4C[C@H](O)[C@H](C)[C@@H]34)O[C@@H](CO)[C@@H](O)[C@@H]2O)ccc1O. The number of carbonyl (C=O) groups is 2. The van der Waals surface area contributed by atoms with Crippen molar-refractivity contribution in [2.75, 3.05) is 13.7 Å². The van der Waals surface area contributed by atoms with Crippen LogP contribution in [0.5, 0.6) is 11.5 Å². The molecule has 0 radical (unpaired) electrons. The highest BCUT2D eigenvalue weighted by Crippen LogP contribution is 2.47. The smallest absolute Gasteiger partial charge is 0.334 e. The summed E-state index contributed by atoms with van der Waals surface area (Å²) in [7, 11) is 1.37. The number of carboxylic acids is 1. The van der Waals surface area contributed by atoms with Crippen molar-refractivity contribution in [3.8, 4) is 11.5 Å². The molecule has 2 fully saturated rings. The number of rotatable bonds is 8. The quantitative estimate of drug-likeness (QED) is 0.182. The van der Waals surface area contributed by atoms with Gasteiger partial charge in [0, 0.05) is 17.9 Å². The summed E-state index contributed by atoms with van der Waals surface area (Å²) in [4.78, 5) is 24.4. The Morgan fingerprint density at radius 1 is 1.15 bits per heavy atom. The van der Waals surface area contributed by atoms with Crippen molar-refractivity contribution in [1.82, 2.24) is 0 Å². The summed E-state index contributed by atoms with van der Waals surface area (Å²) in [5.74, 6) is -3.66. The number of fused-ring (bicyclic) bond motifs is 1. The molecule has 214 valence electrons. The van der Waals surface area contributed by atoms with Gasteiger partial charge in [-0.2, -0.15) is 0 Å². The number of aliphatic carboxylic acids is 1. The van der Waals surface area contributed by atoms with Crippen molar-refractivity contribution in [2.45, 2.75) is 56.4 Å². The second-order valence-corrected chi connectivity index (χ2v) is 9.74. The van der Waals surface area contributed by atoms with Gasteiger partial charge in [-0.1, -0.05) is 13.0 Å². The van der Waals surface area contributed by atoms with Crippen LogP contribution in [-0.2, 0) is 28.5 Å². The molecule has 13 nitrogen and oxygen atoms in total. The summed E-state index contributed by atoms with van der Waals surface area (Å²) in [6.45, 7) is 1.04. The van der Waals surface area contributed by atoms with E-state index in [1.54, 1.807) is 6.92 Å². The van der Waals surface area contributed by atoms with Crippen LogP contribution in [0, 0.1) is 17.8 Å². The second-order valence-electron chi connectivity index (χ2n) is 9.74. The molecule has 13 heteroatoms. The Balaban J connectivity index is 1.54. The number of aliphatic hydroxyl groups excluding tert-OH is 4. The Hall–Kier alpha value is -3.20. The molecule has 1 aliphatic carbocycles. The maximum atomic E-state index is 12.7. The number of aliphatic hydroxyl groups is 4. The zero-order valence-corrected chi connectivity index (χ0v) is 21.2. The van der Waals surface area contributed by atoms with Crippen molar-refractivity contribution in [3.63, 3.8) is 0 Å². The number of aromatic hydroxyl groups is 1. The van der Waals surface area contributed by atoms with E-state index in [9.17, 15) is 40.2 Å². The lowest BCUT2D eigenvalue weighted by Gasteiger charge is -2.44. The molecule has 39 heavy (non-hydrogen) atoms. The van der Waals surface area contributed by atoms with E-state index in [-0.39, 0.29) is 23.5 Å². The molecule has 0 unspecified atom stereocenters. The molecule has 0 bridgehead atoms. The maximum Gasteiger partial charge on any atom is 0.334 e. The molecule has 6 N–H and O–H groups in total. The van der Waals surface area contributed by atoms with Gasteiger partial charge in [0.1, 0.15) is 18.3 Å². The predicted molar refractivity (Wildman–Crippen MR) is 130 cm³/mol. The summed E-state index contributed by atoms with van der Waals surface area (Å²) in [6, 6.07) is 4.38. The highest BCUT2D eigenvalue weighted by molar-refractivity contribution is 5.87. The van der Waals surface area contributed by atoms with Crippen LogP contribution in [0.25, 0.3) is 6.08 Å². The Kier molecular flexibility index (Phi) is 8.79. The normalized spacial score (nSPS) is 36.1. The fourth-order valence-electron chi connectivity index (χ4n) is 5.24. The van der Waals surface area contributed by atoms with Gasteiger partial charge in [-0.3, -0.25) is 0 Å². The molecule has 0 spiro atoms. The minimum Gasteiger partial charge on any atom is -0.504 e. The first-order chi connectivity index (χ1) is 18.5. The molecule has 0 aromatic heterocycles. The Bertz CT molecular complexity index is 1120. The summed E-state index contributed by atoms with van der Waals surface area (Å²) < 4.78 is 27.5. The van der Waals surface area contributed by atoms with Crippen molar-refractivity contribution >= 4 is 18.0 Å². The average molecular weight is 553 g/mol. The molecule has 1 saturated carbocycles. The summed E-state index contributed by atoms with van der Waals surface area (Å²) >= 11 is 0. The van der Waals surface area contributed by atoms with E-state index < -0.39 is 79.4 Å². The number of phenolic OH excluding ortho intramolecular Hbond substituents is 1. The van der Waals surface area contributed by atoms with Crippen molar-refractivity contribution in [1.29, 1.82) is 0 Å². The first-order valence-corrected chi connectivity index (χ1v) is 12.4. The first kappa shape index (κ1) is 28.8. The molecule has 2 heterocycles. The summed E-state index contributed by atoms with van der Waals surface area (Å²) in [5.41, 5.74) is 0.474. The number of esters is 1. The number of benzene rings is 1. The molecular weight excluding hydrogens is 520 g/mol. The van der Waals surface area contributed by atoms with Crippen molar-refractivity contribution in [3.05, 3.63) is 41.7 Å². The molecule has 1 saturated heterocycles. The third-order valence-corrected chi connectivity index (χ3v) is 7.42. The third-order valence-electron chi connectivity index (χ3n) is 7.42. The van der Waals surface area contributed by atoms with Gasteiger partial charge in [0.25, 0.3) is 0 Å². The number of carboxylic acid groups (broad SMARTS) is 1. The number of hydrogen-bond acceptors (Lipinski definition) is 12. The lowest BCUT2D eigenvalue weighted by molar-refractivity contribution is -0.343. The summed E-state index contributed by atoms with van der Waals surface area (Å²) in [5, 5.41) is 60.4. The van der Waals surface area contributed by atoms with Gasteiger partial charge in [0.15, 0.2) is 17.6 Å². The van der Waals surface area contributed by atoms with Gasteiger partial charge < -0.3 is 54.3 Å². The zero-order chi connectivity index (χ0) is 28.4. The number of methoxy groups -OCH3 is 1. The molecule has 0 amide bonds. The largest absolute Gasteiger partial charge is 0.504 e. The number of hydrogen-bond donors (Lipinski definition) is 6. The van der Waals surface area contributed by atoms with Crippen LogP contribution in [0.1, 0.15) is 18.9 Å². The van der Waals surface area contributed by atoms with E-state index in [1.165, 1.54) is 31.4 Å². The number of carbonyl (C=O) groups excluding carboxylic acids is 1. The van der Waals surface area contributed by atoms with Gasteiger partial charge in [-0.25, -0.2) is 9.59 Å². The van der Waals surface area contributed by atoms with Crippen molar-refractivity contribution < 1.29 is 63.9 Å². The van der Waals surface area contributed by atoms with Gasteiger partial charge in [-0.15, -0.1) is 0 Å². The van der Waals surface area contributed by atoms with Crippen LogP contribution in [0.4, 0.5) is 0 Å². The molecular formula is C26H32O13. The predicted octanol–water partition coefficient (Wildman–Crippen LogP) is -0.261. The van der Waals surface area contributed by atoms with E-state index in [1.807, 2.05) is 0 Å². The topological polar surface area (TPSA) is 202 Å². The molecule has 1 aromatic rings. The zero-order valence-electron chi connectivity index (χ0n) is 21.2. The fourth-order valence-corrected chi connectivity index (χ4v) is 5.24. The third kappa shape index (κ3) is 5.88. The van der Waals surface area contributed by atoms with Crippen LogP contribution in [0.15, 0.2) is 36.1 Å². The number of ether oxygens (including phenoxy) is 5. The monoisotopic (exact) mass is 552 g/mol. The Labute approximate surface area is 223 Å². The molecule has 10 atom stereocenters. The maximum absolute atomic E-state index is 12.7. The highest BCUT2D eigenvalue weighted by Gasteiger charge is 2.54. The second kappa shape index (κ2) is 11.9. The van der Waals surface area contributed by atoms with Gasteiger partial charge >= 0.3 is 11.9 Å². The lowest BCUT2D eigenvalue weighted by Crippen LogP contribution is -2.61. The van der Waals surface area contributed by atoms with Gasteiger partial charge in [-0.05, 0) is 36.1 Å². The van der Waals surface area contributed by atoms with Crippen LogP contribution >= 0.6 is 0 Å². The van der Waals surface area contributed by atoms with E-state index in [2.05, 4.69) is 0 Å². The highest BCUT2D eigenvalue weighted by atomic mass is 16.8. The lowest BCUT2D eigenvalue weighted by atomic mass is 9.83. The standard InChI is InChI=1S/C26H32O13/c1-11-16(29)8-13-14(24(33)34)10-36-25(20(11)13)39-26-23(22(32)21(31)18(9-27)37-26)38-19(30)6-4-12-3-5-15(28)17(7-12)35-2/h3-7,10-11,13,16,18,20-23,25-29,31-32H,8-9H2,1-2H3,(H,33,34)/b6-4+/t11-,13+,16-,18-,20+,21+,22-,23+,25-,26+/m0/s1. The average Bonchev–Trinajstić information content (AvgIpc) is 3.21. The molecule has 3 aliphatic rings.